The van der Waals surface area contributed by atoms with Gasteiger partial charge in [-0.3, -0.25) is 4.79 Å². The van der Waals surface area contributed by atoms with Gasteiger partial charge in [0.1, 0.15) is 5.41 Å². The van der Waals surface area contributed by atoms with Crippen LogP contribution in [-0.2, 0) is 10.2 Å². The number of benzene rings is 1. The van der Waals surface area contributed by atoms with Crippen molar-refractivity contribution >= 4 is 11.6 Å². The Hall–Kier alpha value is -1.82. The molecule has 1 N–H and O–H groups in total. The lowest BCUT2D eigenvalue weighted by molar-refractivity contribution is -0.121. The van der Waals surface area contributed by atoms with Crippen molar-refractivity contribution in [2.45, 2.75) is 47.0 Å². The number of nitrogens with zero attached hydrogens (tertiary/aromatic N) is 1. The van der Waals surface area contributed by atoms with E-state index in [1.54, 1.807) is 13.8 Å². The molecular weight excluding hydrogens is 236 g/mol. The van der Waals surface area contributed by atoms with Crippen LogP contribution in [0.2, 0.25) is 0 Å². The molecule has 19 heavy (non-hydrogen) atoms. The average Bonchev–Trinajstić information content (AvgIpc) is 2.30. The molecule has 0 radical (unpaired) electrons. The zero-order chi connectivity index (χ0) is 14.8. The zero-order valence-electron chi connectivity index (χ0n) is 12.6. The number of rotatable bonds is 2. The van der Waals surface area contributed by atoms with Gasteiger partial charge in [-0.05, 0) is 43.4 Å². The molecule has 0 aliphatic rings. The predicted octanol–water partition coefficient (Wildman–Crippen LogP) is 3.78. The zero-order valence-corrected chi connectivity index (χ0v) is 12.6. The summed E-state index contributed by atoms with van der Waals surface area (Å²) in [4.78, 5) is 12.0. The van der Waals surface area contributed by atoms with E-state index in [0.717, 1.165) is 11.3 Å². The Morgan fingerprint density at radius 1 is 1.21 bits per heavy atom. The van der Waals surface area contributed by atoms with Gasteiger partial charge in [-0.15, -0.1) is 0 Å². The van der Waals surface area contributed by atoms with E-state index in [-0.39, 0.29) is 11.3 Å². The molecule has 0 aliphatic heterocycles. The van der Waals surface area contributed by atoms with Crippen LogP contribution in [0.1, 0.15) is 45.7 Å². The Morgan fingerprint density at radius 2 is 1.79 bits per heavy atom. The molecule has 1 aromatic carbocycles. The largest absolute Gasteiger partial charge is 0.324 e. The van der Waals surface area contributed by atoms with Crippen LogP contribution >= 0.6 is 0 Å². The summed E-state index contributed by atoms with van der Waals surface area (Å²) >= 11 is 0. The summed E-state index contributed by atoms with van der Waals surface area (Å²) in [7, 11) is 0. The van der Waals surface area contributed by atoms with Gasteiger partial charge in [0.05, 0.1) is 6.07 Å². The van der Waals surface area contributed by atoms with Crippen molar-refractivity contribution in [3.8, 4) is 6.07 Å². The molecule has 0 saturated heterocycles. The van der Waals surface area contributed by atoms with Gasteiger partial charge in [0, 0.05) is 5.69 Å². The lowest BCUT2D eigenvalue weighted by Gasteiger charge is -2.21. The smallest absolute Gasteiger partial charge is 0.244 e. The third kappa shape index (κ3) is 3.57. The van der Waals surface area contributed by atoms with Crippen molar-refractivity contribution in [2.75, 3.05) is 5.32 Å². The van der Waals surface area contributed by atoms with Crippen molar-refractivity contribution in [1.29, 1.82) is 5.26 Å². The van der Waals surface area contributed by atoms with Crippen molar-refractivity contribution in [1.82, 2.24) is 0 Å². The van der Waals surface area contributed by atoms with Crippen LogP contribution in [0.15, 0.2) is 18.2 Å². The fraction of sp³-hybridized carbons (Fsp3) is 0.500. The van der Waals surface area contributed by atoms with E-state index >= 15 is 0 Å². The Bertz CT molecular complexity index is 531. The van der Waals surface area contributed by atoms with E-state index < -0.39 is 5.41 Å². The number of amides is 1. The highest BCUT2D eigenvalue weighted by Crippen LogP contribution is 2.27. The summed E-state index contributed by atoms with van der Waals surface area (Å²) in [5.41, 5.74) is 2.06. The van der Waals surface area contributed by atoms with Gasteiger partial charge in [-0.1, -0.05) is 32.9 Å². The summed E-state index contributed by atoms with van der Waals surface area (Å²) in [6, 6.07) is 8.00. The van der Waals surface area contributed by atoms with Gasteiger partial charge in [0.2, 0.25) is 5.91 Å². The fourth-order valence-electron chi connectivity index (χ4n) is 1.60. The van der Waals surface area contributed by atoms with E-state index in [2.05, 4.69) is 32.2 Å². The topological polar surface area (TPSA) is 52.9 Å². The van der Waals surface area contributed by atoms with Gasteiger partial charge >= 0.3 is 0 Å². The molecule has 0 spiro atoms. The van der Waals surface area contributed by atoms with Crippen LogP contribution in [0, 0.1) is 23.7 Å². The number of carbonyl (C=O) groups is 1. The third-order valence-electron chi connectivity index (χ3n) is 3.19. The van der Waals surface area contributed by atoms with Crippen LogP contribution in [0.25, 0.3) is 0 Å². The molecule has 1 amide bonds. The predicted molar refractivity (Wildman–Crippen MR) is 77.9 cm³/mol. The van der Waals surface area contributed by atoms with Crippen molar-refractivity contribution in [3.05, 3.63) is 29.3 Å². The van der Waals surface area contributed by atoms with Crippen LogP contribution in [-0.4, -0.2) is 5.91 Å². The van der Waals surface area contributed by atoms with Gasteiger partial charge < -0.3 is 5.32 Å². The van der Waals surface area contributed by atoms with Gasteiger partial charge in [0.15, 0.2) is 0 Å². The number of anilines is 1. The molecule has 0 fully saturated rings. The minimum absolute atomic E-state index is 0.0826. The monoisotopic (exact) mass is 258 g/mol. The molecule has 0 unspecified atom stereocenters. The molecule has 0 heterocycles. The maximum absolute atomic E-state index is 12.0. The number of hydrogen-bond donors (Lipinski definition) is 1. The third-order valence-corrected chi connectivity index (χ3v) is 3.19. The van der Waals surface area contributed by atoms with E-state index in [1.165, 1.54) is 5.56 Å². The highest BCUT2D eigenvalue weighted by Gasteiger charge is 2.27. The second-order valence-corrected chi connectivity index (χ2v) is 6.47. The van der Waals surface area contributed by atoms with E-state index in [4.69, 9.17) is 5.26 Å². The normalized spacial score (nSPS) is 11.8. The molecule has 102 valence electrons. The molecule has 3 heteroatoms. The second-order valence-electron chi connectivity index (χ2n) is 6.47. The maximum atomic E-state index is 12.0. The SMILES string of the molecule is Cc1cc(C(C)(C)C)ccc1NC(=O)C(C)(C)C#N. The first kappa shape index (κ1) is 15.2. The Morgan fingerprint density at radius 3 is 2.21 bits per heavy atom. The number of nitrogens with one attached hydrogen (secondary N) is 1. The molecule has 0 aromatic heterocycles. The van der Waals surface area contributed by atoms with E-state index in [1.807, 2.05) is 25.1 Å². The lowest BCUT2D eigenvalue weighted by atomic mass is 9.86. The first-order chi connectivity index (χ1) is 8.58. The molecule has 0 saturated carbocycles. The molecule has 1 rings (SSSR count). The summed E-state index contributed by atoms with van der Waals surface area (Å²) in [6.07, 6.45) is 0. The number of nitriles is 1. The van der Waals surface area contributed by atoms with Crippen LogP contribution < -0.4 is 5.32 Å². The highest BCUT2D eigenvalue weighted by molar-refractivity contribution is 5.97. The Balaban J connectivity index is 3.00. The number of aryl methyl sites for hydroxylation is 1. The first-order valence-corrected chi connectivity index (χ1v) is 6.42. The Kier molecular flexibility index (Phi) is 4.05. The number of carbonyl (C=O) groups excluding carboxylic acids is 1. The lowest BCUT2D eigenvalue weighted by Crippen LogP contribution is -2.29. The summed E-state index contributed by atoms with van der Waals surface area (Å²) in [5.74, 6) is -0.276. The fourth-order valence-corrected chi connectivity index (χ4v) is 1.60. The minimum atomic E-state index is -1.02. The Labute approximate surface area is 115 Å². The van der Waals surface area contributed by atoms with Gasteiger partial charge in [-0.25, -0.2) is 0 Å². The van der Waals surface area contributed by atoms with Gasteiger partial charge in [-0.2, -0.15) is 5.26 Å². The van der Waals surface area contributed by atoms with Crippen LogP contribution in [0.3, 0.4) is 0 Å². The standard InChI is InChI=1S/C16H22N2O/c1-11-9-12(15(2,3)4)7-8-13(11)18-14(19)16(5,6)10-17/h7-9H,1-6H3,(H,18,19). The van der Waals surface area contributed by atoms with E-state index in [0.29, 0.717) is 0 Å². The van der Waals surface area contributed by atoms with E-state index in [9.17, 15) is 4.79 Å². The molecule has 3 nitrogen and oxygen atoms in total. The highest BCUT2D eigenvalue weighted by atomic mass is 16.2. The van der Waals surface area contributed by atoms with Crippen LogP contribution in [0.5, 0.6) is 0 Å². The summed E-state index contributed by atoms with van der Waals surface area (Å²) in [5, 5.41) is 11.8. The maximum Gasteiger partial charge on any atom is 0.244 e. The average molecular weight is 258 g/mol. The molecular formula is C16H22N2O. The summed E-state index contributed by atoms with van der Waals surface area (Å²) < 4.78 is 0. The first-order valence-electron chi connectivity index (χ1n) is 6.42. The van der Waals surface area contributed by atoms with Crippen molar-refractivity contribution in [2.24, 2.45) is 5.41 Å². The quantitative estimate of drug-likeness (QED) is 0.877. The van der Waals surface area contributed by atoms with Crippen molar-refractivity contribution in [3.63, 3.8) is 0 Å². The summed E-state index contributed by atoms with van der Waals surface area (Å²) in [6.45, 7) is 11.6. The molecule has 0 bridgehead atoms. The second kappa shape index (κ2) is 5.05. The van der Waals surface area contributed by atoms with Crippen molar-refractivity contribution < 1.29 is 4.79 Å². The molecule has 0 aliphatic carbocycles. The molecule has 0 atom stereocenters. The van der Waals surface area contributed by atoms with Crippen LogP contribution in [0.4, 0.5) is 5.69 Å². The molecule has 1 aromatic rings. The van der Waals surface area contributed by atoms with Gasteiger partial charge in [0.25, 0.3) is 0 Å². The number of hydrogen-bond acceptors (Lipinski definition) is 2. The minimum Gasteiger partial charge on any atom is -0.324 e.